The summed E-state index contributed by atoms with van der Waals surface area (Å²) in [6.07, 6.45) is 5.38. The molecule has 3 aromatic carbocycles. The van der Waals surface area contributed by atoms with E-state index in [9.17, 15) is 18.0 Å². The number of carbonyl (C=O) groups excluding carboxylic acids is 2. The molecule has 3 aromatic rings. The van der Waals surface area contributed by atoms with Gasteiger partial charge in [0.05, 0.1) is 29.8 Å². The maximum Gasteiger partial charge on any atom is 0.264 e. The fourth-order valence-electron chi connectivity index (χ4n) is 5.57. The van der Waals surface area contributed by atoms with Crippen molar-refractivity contribution in [2.75, 3.05) is 25.1 Å². The summed E-state index contributed by atoms with van der Waals surface area (Å²) in [6.45, 7) is 3.26. The van der Waals surface area contributed by atoms with Gasteiger partial charge in [0.25, 0.3) is 10.0 Å². The second kappa shape index (κ2) is 15.5. The van der Waals surface area contributed by atoms with E-state index in [1.807, 2.05) is 26.0 Å². The number of hydrogen-bond acceptors (Lipinski definition) is 6. The number of carbonyl (C=O) groups is 2. The summed E-state index contributed by atoms with van der Waals surface area (Å²) in [5.74, 6) is 0.252. The third-order valence-corrected chi connectivity index (χ3v) is 10.2. The van der Waals surface area contributed by atoms with Gasteiger partial charge >= 0.3 is 0 Å². The van der Waals surface area contributed by atoms with Crippen LogP contribution in [0.3, 0.4) is 0 Å². The zero-order valence-corrected chi connectivity index (χ0v) is 27.9. The molecule has 1 fully saturated rings. The van der Waals surface area contributed by atoms with Gasteiger partial charge < -0.3 is 19.7 Å². The van der Waals surface area contributed by atoms with Crippen LogP contribution in [0.15, 0.2) is 71.6 Å². The van der Waals surface area contributed by atoms with Crippen LogP contribution in [-0.4, -0.2) is 58.0 Å². The molecule has 11 heteroatoms. The Morgan fingerprint density at radius 1 is 0.956 bits per heavy atom. The maximum atomic E-state index is 14.3. The Balaban J connectivity index is 1.73. The number of anilines is 1. The molecule has 1 atom stereocenters. The molecule has 1 aliphatic rings. The normalized spacial score (nSPS) is 14.3. The predicted octanol–water partition coefficient (Wildman–Crippen LogP) is 6.12. The topological polar surface area (TPSA) is 105 Å². The number of aryl methyl sites for hydroxylation is 1. The Bertz CT molecular complexity index is 1560. The van der Waals surface area contributed by atoms with Crippen LogP contribution >= 0.6 is 11.6 Å². The molecule has 1 saturated carbocycles. The van der Waals surface area contributed by atoms with E-state index in [1.54, 1.807) is 43.5 Å². The summed E-state index contributed by atoms with van der Waals surface area (Å²) < 4.78 is 39.8. The zero-order chi connectivity index (χ0) is 32.6. The summed E-state index contributed by atoms with van der Waals surface area (Å²) in [7, 11) is -1.19. The SMILES string of the molecule is CC[C@@H](C(=O)NC1CCCCC1)N(Cc1ccc(OC)cc1)C(=O)CN(c1ccc(OC)c(Cl)c1)S(=O)(=O)c1ccc(C)cc1. The number of benzene rings is 3. The predicted molar refractivity (Wildman–Crippen MR) is 176 cm³/mol. The second-order valence-corrected chi connectivity index (χ2v) is 13.6. The Morgan fingerprint density at radius 3 is 2.20 bits per heavy atom. The summed E-state index contributed by atoms with van der Waals surface area (Å²) >= 11 is 6.42. The number of sulfonamides is 1. The minimum Gasteiger partial charge on any atom is -0.497 e. The molecule has 0 aromatic heterocycles. The van der Waals surface area contributed by atoms with E-state index in [0.29, 0.717) is 17.9 Å². The highest BCUT2D eigenvalue weighted by molar-refractivity contribution is 7.92. The molecule has 0 aliphatic heterocycles. The van der Waals surface area contributed by atoms with Gasteiger partial charge in [0, 0.05) is 12.6 Å². The molecule has 4 rings (SSSR count). The van der Waals surface area contributed by atoms with Gasteiger partial charge in [-0.05, 0) is 74.2 Å². The van der Waals surface area contributed by atoms with Gasteiger partial charge in [-0.15, -0.1) is 0 Å². The second-order valence-electron chi connectivity index (χ2n) is 11.3. The van der Waals surface area contributed by atoms with Crippen LogP contribution < -0.4 is 19.1 Å². The fourth-order valence-corrected chi connectivity index (χ4v) is 7.23. The first-order valence-electron chi connectivity index (χ1n) is 15.2. The number of rotatable bonds is 13. The quantitative estimate of drug-likeness (QED) is 0.238. The smallest absolute Gasteiger partial charge is 0.264 e. The van der Waals surface area contributed by atoms with Crippen molar-refractivity contribution in [3.05, 3.63) is 82.9 Å². The summed E-state index contributed by atoms with van der Waals surface area (Å²) in [5.41, 5.74) is 1.86. The van der Waals surface area contributed by atoms with Gasteiger partial charge in [0.2, 0.25) is 11.8 Å². The number of halogens is 1. The molecule has 9 nitrogen and oxygen atoms in total. The van der Waals surface area contributed by atoms with Gasteiger partial charge in [0.1, 0.15) is 24.1 Å². The Labute approximate surface area is 271 Å². The monoisotopic (exact) mass is 655 g/mol. The van der Waals surface area contributed by atoms with Crippen molar-refractivity contribution in [1.29, 1.82) is 0 Å². The van der Waals surface area contributed by atoms with Gasteiger partial charge in [-0.2, -0.15) is 0 Å². The maximum absolute atomic E-state index is 14.3. The summed E-state index contributed by atoms with van der Waals surface area (Å²) in [4.78, 5) is 29.6. The van der Waals surface area contributed by atoms with Crippen molar-refractivity contribution in [3.63, 3.8) is 0 Å². The van der Waals surface area contributed by atoms with Crippen molar-refractivity contribution in [1.82, 2.24) is 10.2 Å². The third kappa shape index (κ3) is 8.49. The van der Waals surface area contributed by atoms with Crippen molar-refractivity contribution < 1.29 is 27.5 Å². The molecule has 0 bridgehead atoms. The molecule has 0 saturated heterocycles. The number of ether oxygens (including phenoxy) is 2. The van der Waals surface area contributed by atoms with Gasteiger partial charge in [-0.1, -0.05) is 67.6 Å². The lowest BCUT2D eigenvalue weighted by Crippen LogP contribution is -2.54. The van der Waals surface area contributed by atoms with E-state index in [-0.39, 0.29) is 34.1 Å². The van der Waals surface area contributed by atoms with Crippen LogP contribution in [0, 0.1) is 6.92 Å². The molecule has 242 valence electrons. The standard InChI is InChI=1S/C34H42ClN3O6S/c1-5-31(34(40)36-26-9-7-6-8-10-26)37(22-25-13-16-28(43-3)17-14-25)33(39)23-38(27-15-20-32(44-4)30(35)21-27)45(41,42)29-18-11-24(2)12-19-29/h11-21,26,31H,5-10,22-23H2,1-4H3,(H,36,40)/t31-/m0/s1. The fraction of sp³-hybridized carbons (Fsp3) is 0.412. The van der Waals surface area contributed by atoms with E-state index in [2.05, 4.69) is 5.32 Å². The zero-order valence-electron chi connectivity index (χ0n) is 26.3. The molecule has 1 aliphatic carbocycles. The van der Waals surface area contributed by atoms with Crippen molar-refractivity contribution >= 4 is 39.1 Å². The van der Waals surface area contributed by atoms with Gasteiger partial charge in [-0.3, -0.25) is 13.9 Å². The van der Waals surface area contributed by atoms with Crippen LogP contribution in [0.2, 0.25) is 5.02 Å². The molecular formula is C34H42ClN3O6S. The average molecular weight is 656 g/mol. The summed E-state index contributed by atoms with van der Waals surface area (Å²) in [5, 5.41) is 3.35. The molecule has 0 radical (unpaired) electrons. The van der Waals surface area contributed by atoms with Crippen molar-refractivity contribution in [2.45, 2.75) is 75.9 Å². The molecule has 45 heavy (non-hydrogen) atoms. The van der Waals surface area contributed by atoms with Gasteiger partial charge in [0.15, 0.2) is 0 Å². The van der Waals surface area contributed by atoms with Crippen LogP contribution in [0.1, 0.15) is 56.6 Å². The average Bonchev–Trinajstić information content (AvgIpc) is 3.04. The van der Waals surface area contributed by atoms with Crippen LogP contribution in [0.5, 0.6) is 11.5 Å². The number of nitrogens with zero attached hydrogens (tertiary/aromatic N) is 2. The Kier molecular flexibility index (Phi) is 11.7. The third-order valence-electron chi connectivity index (χ3n) is 8.16. The Hall–Kier alpha value is -3.76. The largest absolute Gasteiger partial charge is 0.497 e. The summed E-state index contributed by atoms with van der Waals surface area (Å²) in [6, 6.07) is 17.4. The number of nitrogens with one attached hydrogen (secondary N) is 1. The van der Waals surface area contributed by atoms with Crippen LogP contribution in [0.4, 0.5) is 5.69 Å². The molecule has 2 amide bonds. The first-order chi connectivity index (χ1) is 21.6. The lowest BCUT2D eigenvalue weighted by Gasteiger charge is -2.34. The van der Waals surface area contributed by atoms with E-state index >= 15 is 0 Å². The van der Waals surface area contributed by atoms with E-state index in [0.717, 1.165) is 47.5 Å². The highest BCUT2D eigenvalue weighted by Gasteiger charge is 2.34. The first-order valence-corrected chi connectivity index (χ1v) is 17.0. The lowest BCUT2D eigenvalue weighted by molar-refractivity contribution is -0.140. The molecule has 0 unspecified atom stereocenters. The van der Waals surface area contributed by atoms with Crippen molar-refractivity contribution in [2.24, 2.45) is 0 Å². The Morgan fingerprint density at radius 2 is 1.62 bits per heavy atom. The molecule has 1 N–H and O–H groups in total. The van der Waals surface area contributed by atoms with E-state index in [4.69, 9.17) is 21.1 Å². The number of methoxy groups -OCH3 is 2. The highest BCUT2D eigenvalue weighted by atomic mass is 35.5. The molecule has 0 spiro atoms. The minimum absolute atomic E-state index is 0.0247. The van der Waals surface area contributed by atoms with E-state index < -0.39 is 28.5 Å². The molecule has 0 heterocycles. The van der Waals surface area contributed by atoms with Gasteiger partial charge in [-0.25, -0.2) is 8.42 Å². The number of amides is 2. The van der Waals surface area contributed by atoms with Crippen LogP contribution in [0.25, 0.3) is 0 Å². The number of hydrogen-bond donors (Lipinski definition) is 1. The lowest BCUT2D eigenvalue weighted by atomic mass is 9.95. The minimum atomic E-state index is -4.22. The van der Waals surface area contributed by atoms with Crippen molar-refractivity contribution in [3.8, 4) is 11.5 Å². The van der Waals surface area contributed by atoms with E-state index in [1.165, 1.54) is 30.2 Å². The highest BCUT2D eigenvalue weighted by Crippen LogP contribution is 2.32. The van der Waals surface area contributed by atoms with Crippen LogP contribution in [-0.2, 0) is 26.2 Å². The first kappa shape index (κ1) is 34.1. The molecular weight excluding hydrogens is 614 g/mol.